The first-order valence-corrected chi connectivity index (χ1v) is 11.1. The number of hydrogen-bond acceptors (Lipinski definition) is 5. The number of carbonyl (C=O) groups is 1. The first-order chi connectivity index (χ1) is 15.0. The Morgan fingerprint density at radius 2 is 1.71 bits per heavy atom. The number of halogens is 1. The van der Waals surface area contributed by atoms with Gasteiger partial charge in [0.2, 0.25) is 0 Å². The van der Waals surface area contributed by atoms with Crippen molar-refractivity contribution >= 4 is 35.0 Å². The summed E-state index contributed by atoms with van der Waals surface area (Å²) >= 11 is 7.84. The van der Waals surface area contributed by atoms with Gasteiger partial charge in [-0.05, 0) is 37.3 Å². The molecule has 0 saturated heterocycles. The first kappa shape index (κ1) is 22.8. The smallest absolute Gasteiger partial charge is 0.255 e. The molecule has 1 N–H and O–H groups in total. The number of carbonyl (C=O) groups excluding carboxylic acids is 1. The van der Waals surface area contributed by atoms with Crippen molar-refractivity contribution in [3.05, 3.63) is 76.8 Å². The Kier molecular flexibility index (Phi) is 8.09. The molecule has 0 bridgehead atoms. The number of ether oxygens (including phenoxy) is 3. The summed E-state index contributed by atoms with van der Waals surface area (Å²) in [5, 5.41) is 3.28. The Labute approximate surface area is 191 Å². The molecule has 162 valence electrons. The van der Waals surface area contributed by atoms with E-state index in [2.05, 4.69) is 17.4 Å². The second-order valence-electron chi connectivity index (χ2n) is 6.50. The zero-order valence-corrected chi connectivity index (χ0v) is 19.2. The first-order valence-electron chi connectivity index (χ1n) is 9.72. The largest absolute Gasteiger partial charge is 0.495 e. The topological polar surface area (TPSA) is 56.8 Å². The standard InChI is InChI=1S/C24H24ClNO4S/c1-4-30-21-11-10-16(12-17(21)15-31-18-8-6-5-7-9-18)24(27)26-20-14-22(28-2)19(25)13-23(20)29-3/h5-14H,4,15H2,1-3H3,(H,26,27). The average molecular weight is 458 g/mol. The molecule has 7 heteroatoms. The summed E-state index contributed by atoms with van der Waals surface area (Å²) in [4.78, 5) is 14.1. The summed E-state index contributed by atoms with van der Waals surface area (Å²) in [5.41, 5.74) is 1.94. The normalized spacial score (nSPS) is 10.5. The molecular weight excluding hydrogens is 434 g/mol. The van der Waals surface area contributed by atoms with Gasteiger partial charge in [-0.1, -0.05) is 29.8 Å². The molecule has 5 nitrogen and oxygen atoms in total. The predicted molar refractivity (Wildman–Crippen MR) is 126 cm³/mol. The Morgan fingerprint density at radius 1 is 0.968 bits per heavy atom. The molecule has 3 rings (SSSR count). The van der Waals surface area contributed by atoms with E-state index in [-0.39, 0.29) is 5.91 Å². The second kappa shape index (κ2) is 11.0. The van der Waals surface area contributed by atoms with Crippen LogP contribution in [0.1, 0.15) is 22.8 Å². The molecule has 31 heavy (non-hydrogen) atoms. The third kappa shape index (κ3) is 5.87. The van der Waals surface area contributed by atoms with Gasteiger partial charge in [0.1, 0.15) is 17.2 Å². The van der Waals surface area contributed by atoms with Gasteiger partial charge in [0.05, 0.1) is 31.5 Å². The molecule has 0 atom stereocenters. The second-order valence-corrected chi connectivity index (χ2v) is 7.95. The van der Waals surface area contributed by atoms with Crippen LogP contribution in [0.2, 0.25) is 5.02 Å². The maximum atomic E-state index is 13.0. The molecule has 3 aromatic carbocycles. The van der Waals surface area contributed by atoms with Crippen molar-refractivity contribution < 1.29 is 19.0 Å². The van der Waals surface area contributed by atoms with Gasteiger partial charge in [-0.15, -0.1) is 11.8 Å². The van der Waals surface area contributed by atoms with Crippen LogP contribution in [0.4, 0.5) is 5.69 Å². The number of amides is 1. The van der Waals surface area contributed by atoms with Crippen molar-refractivity contribution in [2.75, 3.05) is 26.1 Å². The van der Waals surface area contributed by atoms with Crippen LogP contribution < -0.4 is 19.5 Å². The number of benzene rings is 3. The Hall–Kier alpha value is -2.83. The summed E-state index contributed by atoms with van der Waals surface area (Å²) < 4.78 is 16.4. The number of thioether (sulfide) groups is 1. The Bertz CT molecular complexity index is 1040. The monoisotopic (exact) mass is 457 g/mol. The number of rotatable bonds is 9. The summed E-state index contributed by atoms with van der Waals surface area (Å²) in [6.45, 7) is 2.49. The molecule has 0 spiro atoms. The minimum Gasteiger partial charge on any atom is -0.495 e. The highest BCUT2D eigenvalue weighted by Gasteiger charge is 2.16. The molecule has 0 unspecified atom stereocenters. The lowest BCUT2D eigenvalue weighted by Crippen LogP contribution is -2.13. The van der Waals surface area contributed by atoms with Gasteiger partial charge in [-0.3, -0.25) is 4.79 Å². The molecule has 0 aliphatic carbocycles. The third-order valence-electron chi connectivity index (χ3n) is 4.48. The van der Waals surface area contributed by atoms with E-state index in [1.54, 1.807) is 30.0 Å². The molecule has 0 saturated carbocycles. The molecule has 0 aliphatic heterocycles. The van der Waals surface area contributed by atoms with Crippen LogP contribution in [-0.4, -0.2) is 26.7 Å². The van der Waals surface area contributed by atoms with E-state index in [0.717, 1.165) is 16.2 Å². The number of nitrogens with one attached hydrogen (secondary N) is 1. The average Bonchev–Trinajstić information content (AvgIpc) is 2.80. The Morgan fingerprint density at radius 3 is 2.39 bits per heavy atom. The van der Waals surface area contributed by atoms with Crippen LogP contribution in [0.25, 0.3) is 0 Å². The maximum absolute atomic E-state index is 13.0. The quantitative estimate of drug-likeness (QED) is 0.382. The molecule has 0 fully saturated rings. The minimum atomic E-state index is -0.267. The lowest BCUT2D eigenvalue weighted by molar-refractivity contribution is 0.102. The van der Waals surface area contributed by atoms with E-state index in [9.17, 15) is 4.79 Å². The fourth-order valence-electron chi connectivity index (χ4n) is 2.96. The minimum absolute atomic E-state index is 0.267. The van der Waals surface area contributed by atoms with Crippen molar-refractivity contribution in [1.82, 2.24) is 0 Å². The van der Waals surface area contributed by atoms with Gasteiger partial charge in [-0.2, -0.15) is 0 Å². The summed E-state index contributed by atoms with van der Waals surface area (Å²) in [6.07, 6.45) is 0. The highest BCUT2D eigenvalue weighted by Crippen LogP contribution is 2.36. The van der Waals surface area contributed by atoms with Crippen LogP contribution in [0.3, 0.4) is 0 Å². The highest BCUT2D eigenvalue weighted by atomic mass is 35.5. The van der Waals surface area contributed by atoms with Crippen molar-refractivity contribution in [3.8, 4) is 17.2 Å². The van der Waals surface area contributed by atoms with Crippen LogP contribution in [0.15, 0.2) is 65.6 Å². The van der Waals surface area contributed by atoms with Gasteiger partial charge >= 0.3 is 0 Å². The molecule has 0 radical (unpaired) electrons. The van der Waals surface area contributed by atoms with E-state index in [0.29, 0.717) is 40.1 Å². The maximum Gasteiger partial charge on any atom is 0.255 e. The zero-order valence-electron chi connectivity index (χ0n) is 17.6. The third-order valence-corrected chi connectivity index (χ3v) is 5.84. The SMILES string of the molecule is CCOc1ccc(C(=O)Nc2cc(OC)c(Cl)cc2OC)cc1CSc1ccccc1. The molecule has 1 amide bonds. The van der Waals surface area contributed by atoms with E-state index in [1.165, 1.54) is 14.2 Å². The van der Waals surface area contributed by atoms with Crippen molar-refractivity contribution in [1.29, 1.82) is 0 Å². The number of methoxy groups -OCH3 is 2. The van der Waals surface area contributed by atoms with Gasteiger partial charge in [-0.25, -0.2) is 0 Å². The van der Waals surface area contributed by atoms with Crippen molar-refractivity contribution in [3.63, 3.8) is 0 Å². The van der Waals surface area contributed by atoms with Crippen LogP contribution in [0.5, 0.6) is 17.2 Å². The fourth-order valence-corrected chi connectivity index (χ4v) is 4.09. The van der Waals surface area contributed by atoms with Crippen LogP contribution >= 0.6 is 23.4 Å². The van der Waals surface area contributed by atoms with Crippen LogP contribution in [0, 0.1) is 0 Å². The van der Waals surface area contributed by atoms with Crippen LogP contribution in [-0.2, 0) is 5.75 Å². The van der Waals surface area contributed by atoms with Gasteiger partial charge in [0.25, 0.3) is 5.91 Å². The van der Waals surface area contributed by atoms with E-state index < -0.39 is 0 Å². The Balaban J connectivity index is 1.84. The van der Waals surface area contributed by atoms with Gasteiger partial charge in [0.15, 0.2) is 0 Å². The van der Waals surface area contributed by atoms with E-state index >= 15 is 0 Å². The lowest BCUT2D eigenvalue weighted by atomic mass is 10.1. The molecule has 0 heterocycles. The summed E-state index contributed by atoms with van der Waals surface area (Å²) in [6, 6.07) is 18.8. The molecular formula is C24H24ClNO4S. The summed E-state index contributed by atoms with van der Waals surface area (Å²) in [5.74, 6) is 2.08. The highest BCUT2D eigenvalue weighted by molar-refractivity contribution is 7.98. The fraction of sp³-hybridized carbons (Fsp3) is 0.208. The van der Waals surface area contributed by atoms with Gasteiger partial charge < -0.3 is 19.5 Å². The number of anilines is 1. The van der Waals surface area contributed by atoms with Crippen molar-refractivity contribution in [2.24, 2.45) is 0 Å². The summed E-state index contributed by atoms with van der Waals surface area (Å²) in [7, 11) is 3.03. The van der Waals surface area contributed by atoms with E-state index in [1.807, 2.05) is 37.3 Å². The lowest BCUT2D eigenvalue weighted by Gasteiger charge is -2.15. The van der Waals surface area contributed by atoms with Crippen molar-refractivity contribution in [2.45, 2.75) is 17.6 Å². The zero-order chi connectivity index (χ0) is 22.2. The van der Waals surface area contributed by atoms with Gasteiger partial charge in [0, 0.05) is 33.9 Å². The molecule has 0 aromatic heterocycles. The predicted octanol–water partition coefficient (Wildman–Crippen LogP) is 6.30. The number of hydrogen-bond donors (Lipinski definition) is 1. The molecule has 0 aliphatic rings. The molecule has 3 aromatic rings. The van der Waals surface area contributed by atoms with E-state index in [4.69, 9.17) is 25.8 Å².